The van der Waals surface area contributed by atoms with E-state index < -0.39 is 5.63 Å². The molecule has 0 aromatic heterocycles. The fourth-order valence-corrected chi connectivity index (χ4v) is 1.66. The molecule has 0 N–H and O–H groups in total. The van der Waals surface area contributed by atoms with E-state index in [-0.39, 0.29) is 0 Å². The molecule has 0 rings (SSSR count). The lowest BCUT2D eigenvalue weighted by Gasteiger charge is -2.10. The number of halogens is 2. The Morgan fingerprint density at radius 1 is 1.08 bits per heavy atom. The molecule has 0 fully saturated rings. The maximum atomic E-state index is 12.5. The predicted molar refractivity (Wildman–Crippen MR) is 53.3 cm³/mol. The molecule has 0 amide bonds. The number of allylic oxidation sites excluding steroid dienone is 2. The van der Waals surface area contributed by atoms with Crippen molar-refractivity contribution in [3.8, 4) is 0 Å². The smallest absolute Gasteiger partial charge is 0.177 e. The van der Waals surface area contributed by atoms with Crippen molar-refractivity contribution in [3.05, 3.63) is 11.1 Å². The Morgan fingerprint density at radius 2 is 1.50 bits per heavy atom. The van der Waals surface area contributed by atoms with Crippen molar-refractivity contribution in [2.75, 3.05) is 0 Å². The zero-order valence-electron chi connectivity index (χ0n) is 8.16. The first kappa shape index (κ1) is 12.0. The summed E-state index contributed by atoms with van der Waals surface area (Å²) in [4.78, 5) is 0. The van der Waals surface area contributed by atoms with E-state index in [4.69, 9.17) is 11.6 Å². The van der Waals surface area contributed by atoms with Crippen LogP contribution in [0.4, 0.5) is 4.39 Å². The molecule has 0 aliphatic carbocycles. The summed E-state index contributed by atoms with van der Waals surface area (Å²) < 4.78 is 12.5. The van der Waals surface area contributed by atoms with Crippen molar-refractivity contribution in [1.82, 2.24) is 0 Å². The van der Waals surface area contributed by atoms with E-state index in [0.29, 0.717) is 6.42 Å². The predicted octanol–water partition coefficient (Wildman–Crippen LogP) is 4.44. The summed E-state index contributed by atoms with van der Waals surface area (Å²) in [5, 5.41) is 0. The lowest BCUT2D eigenvalue weighted by Crippen LogP contribution is -1.96. The van der Waals surface area contributed by atoms with Gasteiger partial charge in [-0.15, -0.1) is 0 Å². The molecule has 0 heterocycles. The first-order valence-electron chi connectivity index (χ1n) is 4.63. The van der Waals surface area contributed by atoms with Gasteiger partial charge in [0.05, 0.1) is 0 Å². The monoisotopic (exact) mass is 192 g/mol. The molecule has 0 nitrogen and oxygen atoms in total. The Balaban J connectivity index is 4.35. The van der Waals surface area contributed by atoms with E-state index >= 15 is 0 Å². The third kappa shape index (κ3) is 4.10. The van der Waals surface area contributed by atoms with Crippen LogP contribution in [0.2, 0.25) is 0 Å². The maximum absolute atomic E-state index is 12.5. The SMILES string of the molecule is CCC(CC)=C(CC)CC(F)Cl. The average Bonchev–Trinajstić information content (AvgIpc) is 2.04. The van der Waals surface area contributed by atoms with Crippen molar-refractivity contribution >= 4 is 11.6 Å². The van der Waals surface area contributed by atoms with Crippen molar-refractivity contribution in [2.24, 2.45) is 0 Å². The van der Waals surface area contributed by atoms with E-state index in [1.807, 2.05) is 0 Å². The minimum Gasteiger partial charge on any atom is -0.230 e. The van der Waals surface area contributed by atoms with Gasteiger partial charge >= 0.3 is 0 Å². The maximum Gasteiger partial charge on any atom is 0.177 e. The molecular formula is C10H18ClF. The van der Waals surface area contributed by atoms with E-state index in [1.165, 1.54) is 11.1 Å². The van der Waals surface area contributed by atoms with Gasteiger partial charge in [0.25, 0.3) is 0 Å². The fraction of sp³-hybridized carbons (Fsp3) is 0.800. The summed E-state index contributed by atoms with van der Waals surface area (Å²) in [6.07, 6.45) is 3.35. The molecule has 0 aromatic rings. The van der Waals surface area contributed by atoms with Crippen molar-refractivity contribution in [1.29, 1.82) is 0 Å². The van der Waals surface area contributed by atoms with Crippen molar-refractivity contribution < 1.29 is 4.39 Å². The molecule has 1 unspecified atom stereocenters. The molecule has 0 aromatic carbocycles. The van der Waals surface area contributed by atoms with Crippen LogP contribution >= 0.6 is 11.6 Å². The lowest BCUT2D eigenvalue weighted by atomic mass is 9.99. The highest BCUT2D eigenvalue weighted by Crippen LogP contribution is 2.22. The Labute approximate surface area is 79.8 Å². The topological polar surface area (TPSA) is 0 Å². The highest BCUT2D eigenvalue weighted by atomic mass is 35.5. The normalized spacial score (nSPS) is 12.8. The highest BCUT2D eigenvalue weighted by Gasteiger charge is 2.07. The molecule has 2 heteroatoms. The Morgan fingerprint density at radius 3 is 1.75 bits per heavy atom. The summed E-state index contributed by atoms with van der Waals surface area (Å²) in [7, 11) is 0. The molecule has 0 aliphatic rings. The molecular weight excluding hydrogens is 175 g/mol. The standard InChI is InChI=1S/C10H18ClF/c1-4-8(5-2)9(6-3)7-10(11)12/h10H,4-7H2,1-3H3. The van der Waals surface area contributed by atoms with E-state index in [0.717, 1.165) is 19.3 Å². The van der Waals surface area contributed by atoms with E-state index in [9.17, 15) is 4.39 Å². The summed E-state index contributed by atoms with van der Waals surface area (Å²) in [6, 6.07) is 0. The van der Waals surface area contributed by atoms with Gasteiger partial charge in [0.1, 0.15) is 0 Å². The summed E-state index contributed by atoms with van der Waals surface area (Å²) >= 11 is 5.31. The van der Waals surface area contributed by atoms with Gasteiger partial charge in [0, 0.05) is 6.42 Å². The van der Waals surface area contributed by atoms with Crippen LogP contribution in [-0.2, 0) is 0 Å². The van der Waals surface area contributed by atoms with Gasteiger partial charge in [-0.2, -0.15) is 0 Å². The summed E-state index contributed by atoms with van der Waals surface area (Å²) in [5.41, 5.74) is 1.34. The van der Waals surface area contributed by atoms with Crippen LogP contribution in [0.5, 0.6) is 0 Å². The number of hydrogen-bond donors (Lipinski definition) is 0. The van der Waals surface area contributed by atoms with Crippen LogP contribution in [0.3, 0.4) is 0 Å². The minimum absolute atomic E-state index is 0.398. The molecule has 0 spiro atoms. The second-order valence-corrected chi connectivity index (χ2v) is 3.34. The van der Waals surface area contributed by atoms with Gasteiger partial charge in [0.2, 0.25) is 0 Å². The van der Waals surface area contributed by atoms with Crippen LogP contribution in [0.25, 0.3) is 0 Å². The third-order valence-corrected chi connectivity index (χ3v) is 2.34. The molecule has 1 atom stereocenters. The molecule has 12 heavy (non-hydrogen) atoms. The van der Waals surface area contributed by atoms with Gasteiger partial charge in [-0.1, -0.05) is 43.5 Å². The third-order valence-electron chi connectivity index (χ3n) is 2.18. The van der Waals surface area contributed by atoms with Crippen LogP contribution in [-0.4, -0.2) is 5.63 Å². The lowest BCUT2D eigenvalue weighted by molar-refractivity contribution is 0.437. The molecule has 0 aliphatic heterocycles. The molecule has 0 radical (unpaired) electrons. The zero-order chi connectivity index (χ0) is 9.56. The molecule has 0 saturated heterocycles. The summed E-state index contributed by atoms with van der Waals surface area (Å²) in [6.45, 7) is 6.27. The Bertz CT molecular complexity index is 144. The molecule has 0 saturated carbocycles. The van der Waals surface area contributed by atoms with Crippen LogP contribution < -0.4 is 0 Å². The Hall–Kier alpha value is -0.0400. The fourth-order valence-electron chi connectivity index (χ4n) is 1.47. The number of alkyl halides is 2. The van der Waals surface area contributed by atoms with Crippen molar-refractivity contribution in [3.63, 3.8) is 0 Å². The zero-order valence-corrected chi connectivity index (χ0v) is 8.92. The second kappa shape index (κ2) is 6.47. The van der Waals surface area contributed by atoms with Crippen LogP contribution in [0.1, 0.15) is 46.5 Å². The van der Waals surface area contributed by atoms with Gasteiger partial charge in [-0.3, -0.25) is 0 Å². The van der Waals surface area contributed by atoms with Gasteiger partial charge < -0.3 is 0 Å². The largest absolute Gasteiger partial charge is 0.230 e. The van der Waals surface area contributed by atoms with Gasteiger partial charge in [0.15, 0.2) is 5.63 Å². The minimum atomic E-state index is -1.21. The van der Waals surface area contributed by atoms with Crippen molar-refractivity contribution in [2.45, 2.75) is 52.1 Å². The molecule has 72 valence electrons. The first-order chi connectivity index (χ1) is 5.65. The average molecular weight is 193 g/mol. The highest BCUT2D eigenvalue weighted by molar-refractivity contribution is 6.19. The number of rotatable bonds is 5. The molecule has 0 bridgehead atoms. The quantitative estimate of drug-likeness (QED) is 0.446. The van der Waals surface area contributed by atoms with E-state index in [1.54, 1.807) is 0 Å². The first-order valence-corrected chi connectivity index (χ1v) is 5.07. The van der Waals surface area contributed by atoms with Crippen LogP contribution in [0, 0.1) is 0 Å². The second-order valence-electron chi connectivity index (χ2n) is 2.86. The van der Waals surface area contributed by atoms with Gasteiger partial charge in [-0.25, -0.2) is 4.39 Å². The van der Waals surface area contributed by atoms with Gasteiger partial charge in [-0.05, 0) is 19.3 Å². The summed E-state index contributed by atoms with van der Waals surface area (Å²) in [5.74, 6) is 0. The number of hydrogen-bond acceptors (Lipinski definition) is 0. The van der Waals surface area contributed by atoms with Crippen LogP contribution in [0.15, 0.2) is 11.1 Å². The van der Waals surface area contributed by atoms with E-state index in [2.05, 4.69) is 20.8 Å². The Kier molecular flexibility index (Phi) is 6.45.